The van der Waals surface area contributed by atoms with E-state index in [4.69, 9.17) is 21.1 Å². The fraction of sp³-hybridized carbons (Fsp3) is 0.304. The number of rotatable bonds is 4. The van der Waals surface area contributed by atoms with Crippen LogP contribution in [0, 0.1) is 0 Å². The van der Waals surface area contributed by atoms with E-state index in [-0.39, 0.29) is 24.0 Å². The Kier molecular flexibility index (Phi) is 5.54. The minimum absolute atomic E-state index is 0.0542. The molecule has 2 amide bonds. The van der Waals surface area contributed by atoms with Crippen molar-refractivity contribution in [3.8, 4) is 5.75 Å². The molecule has 0 saturated carbocycles. The molecular weight excluding hydrogens is 404 g/mol. The van der Waals surface area contributed by atoms with Crippen molar-refractivity contribution in [2.75, 3.05) is 25.1 Å². The first-order valence-electron chi connectivity index (χ1n) is 9.82. The third kappa shape index (κ3) is 3.68. The monoisotopic (exact) mass is 426 g/mol. The fourth-order valence-electron chi connectivity index (χ4n) is 4.03. The molecule has 6 nitrogen and oxygen atoms in total. The lowest BCUT2D eigenvalue weighted by molar-refractivity contribution is -0.121. The number of benzene rings is 2. The number of methoxy groups -OCH3 is 1. The van der Waals surface area contributed by atoms with Gasteiger partial charge in [0.05, 0.1) is 30.6 Å². The van der Waals surface area contributed by atoms with Gasteiger partial charge in [-0.3, -0.25) is 9.59 Å². The second-order valence-electron chi connectivity index (χ2n) is 7.54. The van der Waals surface area contributed by atoms with Crippen LogP contribution in [0.25, 0.3) is 5.57 Å². The van der Waals surface area contributed by atoms with Crippen LogP contribution >= 0.6 is 11.6 Å². The Labute approximate surface area is 180 Å². The van der Waals surface area contributed by atoms with Gasteiger partial charge in [-0.2, -0.15) is 0 Å². The Morgan fingerprint density at radius 2 is 1.67 bits per heavy atom. The third-order valence-electron chi connectivity index (χ3n) is 5.24. The van der Waals surface area contributed by atoms with Crippen molar-refractivity contribution in [2.24, 2.45) is 0 Å². The van der Waals surface area contributed by atoms with Gasteiger partial charge in [-0.15, -0.1) is 0 Å². The van der Waals surface area contributed by atoms with E-state index in [1.165, 1.54) is 4.90 Å². The molecule has 2 aromatic carbocycles. The maximum Gasteiger partial charge on any atom is 0.282 e. The quantitative estimate of drug-likeness (QED) is 0.697. The van der Waals surface area contributed by atoms with Crippen LogP contribution < -0.4 is 9.64 Å². The Balaban J connectivity index is 1.83. The number of morpholine rings is 1. The molecule has 2 atom stereocenters. The molecule has 156 valence electrons. The largest absolute Gasteiger partial charge is 0.497 e. The molecule has 7 heteroatoms. The Hall–Kier alpha value is -2.83. The van der Waals surface area contributed by atoms with Gasteiger partial charge in [0.1, 0.15) is 11.4 Å². The summed E-state index contributed by atoms with van der Waals surface area (Å²) in [6, 6.07) is 13.9. The number of hydrogen-bond acceptors (Lipinski definition) is 5. The van der Waals surface area contributed by atoms with E-state index >= 15 is 0 Å². The lowest BCUT2D eigenvalue weighted by atomic mass is 10.0. The molecule has 1 saturated heterocycles. The van der Waals surface area contributed by atoms with Crippen LogP contribution in [0.3, 0.4) is 0 Å². The van der Waals surface area contributed by atoms with E-state index in [1.807, 2.05) is 18.7 Å². The van der Waals surface area contributed by atoms with Crippen LogP contribution in [0.5, 0.6) is 5.75 Å². The first kappa shape index (κ1) is 20.4. The number of carbonyl (C=O) groups excluding carboxylic acids is 2. The number of halogens is 1. The molecule has 0 N–H and O–H groups in total. The molecule has 0 aliphatic carbocycles. The van der Waals surface area contributed by atoms with Crippen molar-refractivity contribution in [1.29, 1.82) is 0 Å². The minimum atomic E-state index is -0.364. The van der Waals surface area contributed by atoms with E-state index in [1.54, 1.807) is 55.6 Å². The van der Waals surface area contributed by atoms with Crippen molar-refractivity contribution in [2.45, 2.75) is 26.1 Å². The molecule has 0 spiro atoms. The molecule has 2 aliphatic heterocycles. The van der Waals surface area contributed by atoms with E-state index in [9.17, 15) is 9.59 Å². The molecule has 30 heavy (non-hydrogen) atoms. The molecule has 2 aromatic rings. The van der Waals surface area contributed by atoms with Crippen molar-refractivity contribution in [3.05, 3.63) is 64.8 Å². The maximum absolute atomic E-state index is 13.6. The SMILES string of the molecule is COc1cccc(N2C(=O)C(c3ccc(Cl)cc3)=C(N3CC(C)OC(C)C3)C2=O)c1. The van der Waals surface area contributed by atoms with Crippen LogP contribution in [-0.4, -0.2) is 49.1 Å². The zero-order chi connectivity index (χ0) is 21.4. The van der Waals surface area contributed by atoms with E-state index in [0.717, 1.165) is 0 Å². The maximum atomic E-state index is 13.6. The molecule has 2 unspecified atom stereocenters. The smallest absolute Gasteiger partial charge is 0.282 e. The summed E-state index contributed by atoms with van der Waals surface area (Å²) in [5, 5.41) is 0.566. The van der Waals surface area contributed by atoms with Crippen molar-refractivity contribution >= 4 is 34.7 Å². The number of hydrogen-bond donors (Lipinski definition) is 0. The van der Waals surface area contributed by atoms with Crippen LogP contribution in [0.1, 0.15) is 19.4 Å². The Morgan fingerprint density at radius 1 is 1.00 bits per heavy atom. The number of amides is 2. The highest BCUT2D eigenvalue weighted by Gasteiger charge is 2.44. The van der Waals surface area contributed by atoms with Crippen LogP contribution in [0.4, 0.5) is 5.69 Å². The molecule has 0 aromatic heterocycles. The van der Waals surface area contributed by atoms with Gasteiger partial charge in [0.25, 0.3) is 11.8 Å². The molecule has 0 radical (unpaired) electrons. The fourth-order valence-corrected chi connectivity index (χ4v) is 4.16. The minimum Gasteiger partial charge on any atom is -0.497 e. The summed E-state index contributed by atoms with van der Waals surface area (Å²) in [5.74, 6) is -0.139. The van der Waals surface area contributed by atoms with Gasteiger partial charge >= 0.3 is 0 Å². The zero-order valence-electron chi connectivity index (χ0n) is 17.1. The van der Waals surface area contributed by atoms with Gasteiger partial charge in [0.15, 0.2) is 0 Å². The van der Waals surface area contributed by atoms with Gasteiger partial charge in [0.2, 0.25) is 0 Å². The highest BCUT2D eigenvalue weighted by atomic mass is 35.5. The second kappa shape index (κ2) is 8.13. The first-order valence-corrected chi connectivity index (χ1v) is 10.2. The van der Waals surface area contributed by atoms with E-state index < -0.39 is 0 Å². The van der Waals surface area contributed by atoms with Gasteiger partial charge in [0, 0.05) is 24.2 Å². The Morgan fingerprint density at radius 3 is 2.30 bits per heavy atom. The number of carbonyl (C=O) groups is 2. The van der Waals surface area contributed by atoms with E-state index in [0.29, 0.717) is 46.4 Å². The number of nitrogens with zero attached hydrogens (tertiary/aromatic N) is 2. The first-order chi connectivity index (χ1) is 14.4. The summed E-state index contributed by atoms with van der Waals surface area (Å²) in [7, 11) is 1.55. The predicted molar refractivity (Wildman–Crippen MR) is 115 cm³/mol. The van der Waals surface area contributed by atoms with Crippen LogP contribution in [0.15, 0.2) is 54.2 Å². The van der Waals surface area contributed by atoms with Crippen LogP contribution in [0.2, 0.25) is 5.02 Å². The van der Waals surface area contributed by atoms with E-state index in [2.05, 4.69) is 0 Å². The average Bonchev–Trinajstić information content (AvgIpc) is 2.98. The highest BCUT2D eigenvalue weighted by Crippen LogP contribution is 2.37. The molecule has 4 rings (SSSR count). The number of anilines is 1. The normalized spacial score (nSPS) is 22.1. The summed E-state index contributed by atoms with van der Waals surface area (Å²) in [5.41, 5.74) is 1.90. The second-order valence-corrected chi connectivity index (χ2v) is 7.98. The summed E-state index contributed by atoms with van der Waals surface area (Å²) >= 11 is 6.05. The van der Waals surface area contributed by atoms with Crippen LogP contribution in [-0.2, 0) is 14.3 Å². The van der Waals surface area contributed by atoms with Crippen molar-refractivity contribution < 1.29 is 19.1 Å². The molecule has 0 bridgehead atoms. The van der Waals surface area contributed by atoms with Gasteiger partial charge < -0.3 is 14.4 Å². The summed E-state index contributed by atoms with van der Waals surface area (Å²) in [6.45, 7) is 4.99. The standard InChI is InChI=1S/C23H23ClN2O4/c1-14-12-25(13-15(2)30-14)21-20(16-7-9-17(24)10-8-16)22(27)26(23(21)28)18-5-4-6-19(11-18)29-3/h4-11,14-15H,12-13H2,1-3H3. The zero-order valence-corrected chi connectivity index (χ0v) is 17.8. The Bertz CT molecular complexity index is 1010. The molecular formula is C23H23ClN2O4. The van der Waals surface area contributed by atoms with Gasteiger partial charge in [-0.05, 0) is 43.7 Å². The van der Waals surface area contributed by atoms with Crippen molar-refractivity contribution in [3.63, 3.8) is 0 Å². The highest BCUT2D eigenvalue weighted by molar-refractivity contribution is 6.45. The topological polar surface area (TPSA) is 59.1 Å². The summed E-state index contributed by atoms with van der Waals surface area (Å²) < 4.78 is 11.1. The van der Waals surface area contributed by atoms with Gasteiger partial charge in [-0.25, -0.2) is 4.90 Å². The molecule has 1 fully saturated rings. The summed E-state index contributed by atoms with van der Waals surface area (Å²) in [4.78, 5) is 30.3. The summed E-state index contributed by atoms with van der Waals surface area (Å²) in [6.07, 6.45) is -0.108. The number of ether oxygens (including phenoxy) is 2. The third-order valence-corrected chi connectivity index (χ3v) is 5.49. The lowest BCUT2D eigenvalue weighted by Crippen LogP contribution is -2.47. The lowest BCUT2D eigenvalue weighted by Gasteiger charge is -2.37. The number of imide groups is 1. The molecule has 2 aliphatic rings. The predicted octanol–water partition coefficient (Wildman–Crippen LogP) is 3.74. The average molecular weight is 427 g/mol. The molecule has 2 heterocycles. The van der Waals surface area contributed by atoms with Gasteiger partial charge in [-0.1, -0.05) is 29.8 Å². The van der Waals surface area contributed by atoms with Crippen molar-refractivity contribution in [1.82, 2.24) is 4.90 Å².